The van der Waals surface area contributed by atoms with Gasteiger partial charge in [-0.15, -0.1) is 0 Å². The van der Waals surface area contributed by atoms with Crippen LogP contribution in [0.1, 0.15) is 13.8 Å². The summed E-state index contributed by atoms with van der Waals surface area (Å²) in [7, 11) is 0. The first-order valence-corrected chi connectivity index (χ1v) is 6.31. The monoisotopic (exact) mass is 218 g/mol. The number of hydrogen-bond donors (Lipinski definition) is 1. The molecular weight excluding hydrogens is 204 g/mol. The Kier molecular flexibility index (Phi) is 0.867. The molecule has 0 unspecified atom stereocenters. The van der Waals surface area contributed by atoms with Crippen LogP contribution < -0.4 is 0 Å². The molecule has 0 radical (unpaired) electrons. The van der Waals surface area contributed by atoms with Gasteiger partial charge in [-0.1, -0.05) is 13.8 Å². The number of carbonyl (C=O) groups is 2. The van der Waals surface area contributed by atoms with Gasteiger partial charge >= 0.3 is 5.97 Å². The number of hydrogen-bond acceptors (Lipinski definition) is 2. The van der Waals surface area contributed by atoms with Gasteiger partial charge in [0.15, 0.2) is 0 Å². The van der Waals surface area contributed by atoms with E-state index in [1.54, 1.807) is 0 Å². The van der Waals surface area contributed by atoms with Crippen LogP contribution in [0, 0.1) is 52.3 Å². The lowest BCUT2D eigenvalue weighted by Gasteiger charge is -3.09. The summed E-state index contributed by atoms with van der Waals surface area (Å²) in [4.78, 5) is 23.6. The summed E-state index contributed by atoms with van der Waals surface area (Å²) in [6, 6.07) is 0. The first-order chi connectivity index (χ1) is 7.53. The van der Waals surface area contributed by atoms with Crippen molar-refractivity contribution in [1.29, 1.82) is 0 Å². The average molecular weight is 218 g/mol. The van der Waals surface area contributed by atoms with Crippen molar-refractivity contribution in [2.75, 3.05) is 0 Å². The molecule has 0 saturated heterocycles. The second-order valence-corrected chi connectivity index (χ2v) is 6.84. The van der Waals surface area contributed by atoms with Crippen molar-refractivity contribution in [3.05, 3.63) is 0 Å². The molecule has 0 spiro atoms. The molecule has 6 saturated carbocycles. The molecule has 0 heterocycles. The van der Waals surface area contributed by atoms with E-state index < -0.39 is 5.97 Å². The Morgan fingerprint density at radius 2 is 1.31 bits per heavy atom. The molecule has 0 atom stereocenters. The molecule has 1 N–H and O–H groups in total. The van der Waals surface area contributed by atoms with Crippen LogP contribution in [-0.2, 0) is 9.59 Å². The van der Waals surface area contributed by atoms with Crippen molar-refractivity contribution in [1.82, 2.24) is 0 Å². The van der Waals surface area contributed by atoms with Gasteiger partial charge < -0.3 is 5.11 Å². The maximum Gasteiger partial charge on any atom is 0.310 e. The van der Waals surface area contributed by atoms with E-state index in [1.165, 1.54) is 0 Å². The van der Waals surface area contributed by atoms with Crippen molar-refractivity contribution in [2.24, 2.45) is 52.3 Å². The van der Waals surface area contributed by atoms with E-state index in [1.807, 2.05) is 13.8 Å². The van der Waals surface area contributed by atoms with E-state index in [2.05, 4.69) is 0 Å². The van der Waals surface area contributed by atoms with E-state index in [0.29, 0.717) is 41.3 Å². The highest BCUT2D eigenvalue weighted by molar-refractivity contribution is 5.99. The van der Waals surface area contributed by atoms with Crippen LogP contribution in [0.15, 0.2) is 0 Å². The van der Waals surface area contributed by atoms with Gasteiger partial charge in [-0.2, -0.15) is 0 Å². The van der Waals surface area contributed by atoms with Gasteiger partial charge in [0.05, 0.1) is 5.41 Å². The second-order valence-electron chi connectivity index (χ2n) is 6.84. The summed E-state index contributed by atoms with van der Waals surface area (Å²) in [5.74, 6) is 2.64. The maximum atomic E-state index is 12.3. The molecular formula is C13H14O3. The fourth-order valence-electron chi connectivity index (χ4n) is 6.95. The topological polar surface area (TPSA) is 54.4 Å². The Bertz CT molecular complexity index is 436. The molecule has 0 amide bonds. The van der Waals surface area contributed by atoms with Crippen LogP contribution >= 0.6 is 0 Å². The van der Waals surface area contributed by atoms with Crippen molar-refractivity contribution in [3.63, 3.8) is 0 Å². The molecule has 3 heteroatoms. The van der Waals surface area contributed by atoms with E-state index in [0.717, 1.165) is 0 Å². The molecule has 6 aliphatic rings. The minimum absolute atomic E-state index is 0.00532. The summed E-state index contributed by atoms with van der Waals surface area (Å²) in [5, 5.41) is 9.31. The van der Waals surface area contributed by atoms with E-state index >= 15 is 0 Å². The molecule has 0 aromatic rings. The van der Waals surface area contributed by atoms with Gasteiger partial charge in [-0.3, -0.25) is 9.59 Å². The third-order valence-corrected chi connectivity index (χ3v) is 6.95. The third-order valence-electron chi connectivity index (χ3n) is 6.95. The standard InChI is InChI=1S/C13H14O3/c1-3(2)10(14)12-4-7-5(12)9-6(12)8(4)13(7,9)11(15)16/h3-9H,1-2H3,(H,15,16). The molecule has 0 aromatic heterocycles. The SMILES string of the molecule is CC(C)C(=O)C12C3C4C1C1C2C3C41C(=O)O. The highest BCUT2D eigenvalue weighted by atomic mass is 16.4. The lowest BCUT2D eigenvalue weighted by atomic mass is 8.92. The first-order valence-electron chi connectivity index (χ1n) is 6.31. The maximum absolute atomic E-state index is 12.3. The number of rotatable bonds is 3. The number of ketones is 1. The highest BCUT2D eigenvalue weighted by Gasteiger charge is 3.12. The predicted molar refractivity (Wildman–Crippen MR) is 53.3 cm³/mol. The molecule has 84 valence electrons. The van der Waals surface area contributed by atoms with Gasteiger partial charge in [0.25, 0.3) is 0 Å². The number of carboxylic acids is 1. The molecule has 3 nitrogen and oxygen atoms in total. The van der Waals surface area contributed by atoms with Crippen molar-refractivity contribution in [2.45, 2.75) is 13.8 Å². The molecule has 0 bridgehead atoms. The van der Waals surface area contributed by atoms with E-state index in [-0.39, 0.29) is 16.7 Å². The Hall–Kier alpha value is -0.860. The van der Waals surface area contributed by atoms with E-state index in [4.69, 9.17) is 0 Å². The van der Waals surface area contributed by atoms with Gasteiger partial charge in [0.2, 0.25) is 0 Å². The second kappa shape index (κ2) is 1.68. The fraction of sp³-hybridized carbons (Fsp3) is 0.846. The molecule has 6 fully saturated rings. The van der Waals surface area contributed by atoms with Crippen molar-refractivity contribution in [3.8, 4) is 0 Å². The van der Waals surface area contributed by atoms with Crippen molar-refractivity contribution < 1.29 is 14.7 Å². The van der Waals surface area contributed by atoms with Crippen LogP contribution in [0.2, 0.25) is 0 Å². The summed E-state index contributed by atoms with van der Waals surface area (Å²) in [6.07, 6.45) is 0. The van der Waals surface area contributed by atoms with Gasteiger partial charge in [-0.05, 0) is 35.5 Å². The Morgan fingerprint density at radius 1 is 0.938 bits per heavy atom. The summed E-state index contributed by atoms with van der Waals surface area (Å²) < 4.78 is 0. The molecule has 16 heavy (non-hydrogen) atoms. The van der Waals surface area contributed by atoms with Crippen LogP contribution in [0.25, 0.3) is 0 Å². The zero-order chi connectivity index (χ0) is 11.2. The van der Waals surface area contributed by atoms with Gasteiger partial charge in [0.1, 0.15) is 5.78 Å². The fourth-order valence-corrected chi connectivity index (χ4v) is 6.95. The molecule has 6 aliphatic carbocycles. The summed E-state index contributed by atoms with van der Waals surface area (Å²) in [5.41, 5.74) is -0.315. The lowest BCUT2D eigenvalue weighted by Crippen LogP contribution is -3.12. The smallest absolute Gasteiger partial charge is 0.310 e. The third kappa shape index (κ3) is 0.343. The van der Waals surface area contributed by atoms with Gasteiger partial charge in [-0.25, -0.2) is 0 Å². The minimum atomic E-state index is -0.568. The Labute approximate surface area is 93.2 Å². The quantitative estimate of drug-likeness (QED) is 0.769. The van der Waals surface area contributed by atoms with Crippen LogP contribution in [0.3, 0.4) is 0 Å². The predicted octanol–water partition coefficient (Wildman–Crippen LogP) is 1.03. The van der Waals surface area contributed by atoms with Crippen LogP contribution in [0.5, 0.6) is 0 Å². The van der Waals surface area contributed by atoms with Gasteiger partial charge in [0, 0.05) is 11.3 Å². The Balaban J connectivity index is 1.56. The molecule has 0 aromatic carbocycles. The lowest BCUT2D eigenvalue weighted by molar-refractivity contribution is -0.626. The van der Waals surface area contributed by atoms with Crippen LogP contribution in [0.4, 0.5) is 0 Å². The highest BCUT2D eigenvalue weighted by Crippen LogP contribution is 3.10. The first kappa shape index (κ1) is 8.26. The number of carbonyl (C=O) groups excluding carboxylic acids is 1. The Morgan fingerprint density at radius 3 is 1.62 bits per heavy atom. The zero-order valence-corrected chi connectivity index (χ0v) is 9.31. The average Bonchev–Trinajstić information content (AvgIpc) is 2.27. The van der Waals surface area contributed by atoms with Crippen molar-refractivity contribution >= 4 is 11.8 Å². The molecule has 6 rings (SSSR count). The normalized spacial score (nSPS) is 69.2. The summed E-state index contributed by atoms with van der Waals surface area (Å²) in [6.45, 7) is 3.97. The number of aliphatic carboxylic acids is 1. The number of carboxylic acid groups (broad SMARTS) is 1. The molecule has 0 aliphatic heterocycles. The summed E-state index contributed by atoms with van der Waals surface area (Å²) >= 11 is 0. The van der Waals surface area contributed by atoms with E-state index in [9.17, 15) is 14.7 Å². The largest absolute Gasteiger partial charge is 0.481 e. The zero-order valence-electron chi connectivity index (χ0n) is 9.31. The number of Topliss-reactive ketones (excluding diaryl/α,β-unsaturated/α-hetero) is 1. The van der Waals surface area contributed by atoms with Crippen LogP contribution in [-0.4, -0.2) is 16.9 Å². The minimum Gasteiger partial charge on any atom is -0.481 e.